The molecule has 2 heterocycles. The fourth-order valence-electron chi connectivity index (χ4n) is 3.37. The molecular weight excluding hydrogens is 391 g/mol. The average Bonchev–Trinajstić information content (AvgIpc) is 2.55. The lowest BCUT2D eigenvalue weighted by atomic mass is 9.96. The summed E-state index contributed by atoms with van der Waals surface area (Å²) in [7, 11) is -3.90. The van der Waals surface area contributed by atoms with Crippen LogP contribution >= 0.6 is 11.6 Å². The van der Waals surface area contributed by atoms with Crippen molar-refractivity contribution in [2.75, 3.05) is 0 Å². The van der Waals surface area contributed by atoms with Crippen molar-refractivity contribution in [3.05, 3.63) is 64.7 Å². The fraction of sp³-hybridized carbons (Fsp3) is 0.368. The minimum Gasteiger partial charge on any atom is -0.472 e. The molecule has 0 saturated carbocycles. The Morgan fingerprint density at radius 3 is 2.56 bits per heavy atom. The van der Waals surface area contributed by atoms with Crippen molar-refractivity contribution in [3.8, 4) is 0 Å². The number of halogens is 2. The van der Waals surface area contributed by atoms with Gasteiger partial charge in [0.1, 0.15) is 21.8 Å². The van der Waals surface area contributed by atoms with Gasteiger partial charge in [0.25, 0.3) is 10.0 Å². The zero-order valence-electron chi connectivity index (χ0n) is 15.2. The van der Waals surface area contributed by atoms with Crippen molar-refractivity contribution in [2.45, 2.75) is 44.0 Å². The first-order valence-electron chi connectivity index (χ1n) is 8.48. The maximum absolute atomic E-state index is 14.0. The van der Waals surface area contributed by atoms with Crippen LogP contribution in [0.5, 0.6) is 0 Å². The third-order valence-corrected chi connectivity index (χ3v) is 6.63. The smallest absolute Gasteiger partial charge is 0.267 e. The lowest BCUT2D eigenvalue weighted by Crippen LogP contribution is -2.43. The maximum atomic E-state index is 14.0. The summed E-state index contributed by atoms with van der Waals surface area (Å²) in [6.45, 7) is 5.18. The molecule has 0 spiro atoms. The summed E-state index contributed by atoms with van der Waals surface area (Å²) in [5, 5.41) is -0.740. The van der Waals surface area contributed by atoms with Gasteiger partial charge in [0.05, 0.1) is 0 Å². The molecule has 5 nitrogen and oxygen atoms in total. The second-order valence-corrected chi connectivity index (χ2v) is 9.20. The van der Waals surface area contributed by atoms with Crippen LogP contribution < -0.4 is 0 Å². The first-order chi connectivity index (χ1) is 12.6. The molecule has 1 aromatic heterocycles. The van der Waals surface area contributed by atoms with Gasteiger partial charge in [0.2, 0.25) is 5.90 Å². The summed E-state index contributed by atoms with van der Waals surface area (Å²) < 4.78 is 49.5. The Bertz CT molecular complexity index is 975. The van der Waals surface area contributed by atoms with Gasteiger partial charge in [-0.1, -0.05) is 42.8 Å². The second-order valence-electron chi connectivity index (χ2n) is 7.13. The van der Waals surface area contributed by atoms with Crippen LogP contribution in [0.1, 0.15) is 49.5 Å². The molecule has 0 fully saturated rings. The third kappa shape index (κ3) is 4.14. The average molecular weight is 411 g/mol. The van der Waals surface area contributed by atoms with Crippen LogP contribution in [0.25, 0.3) is 0 Å². The molecule has 0 saturated heterocycles. The van der Waals surface area contributed by atoms with Gasteiger partial charge in [-0.3, -0.25) is 0 Å². The maximum Gasteiger partial charge on any atom is 0.267 e. The molecule has 0 aliphatic carbocycles. The van der Waals surface area contributed by atoms with Gasteiger partial charge >= 0.3 is 0 Å². The molecule has 8 heteroatoms. The Labute approximate surface area is 163 Å². The van der Waals surface area contributed by atoms with Gasteiger partial charge < -0.3 is 4.74 Å². The summed E-state index contributed by atoms with van der Waals surface area (Å²) in [5.41, 5.74) is -0.127. The second kappa shape index (κ2) is 7.20. The normalized spacial score (nSPS) is 21.8. The van der Waals surface area contributed by atoms with E-state index >= 15 is 0 Å². The highest BCUT2D eigenvalue weighted by Gasteiger charge is 2.47. The first kappa shape index (κ1) is 19.8. The van der Waals surface area contributed by atoms with Crippen molar-refractivity contribution >= 4 is 27.5 Å². The van der Waals surface area contributed by atoms with Gasteiger partial charge in [0.15, 0.2) is 0 Å². The molecule has 0 bridgehead atoms. The Hall–Kier alpha value is -1.99. The van der Waals surface area contributed by atoms with Crippen molar-refractivity contribution in [3.63, 3.8) is 0 Å². The van der Waals surface area contributed by atoms with Gasteiger partial charge in [-0.15, -0.1) is 4.40 Å². The number of hydrogen-bond acceptors (Lipinski definition) is 4. The summed E-state index contributed by atoms with van der Waals surface area (Å²) in [6, 6.07) is 9.53. The summed E-state index contributed by atoms with van der Waals surface area (Å²) in [5.74, 6) is -0.549. The number of rotatable bonds is 4. The van der Waals surface area contributed by atoms with Gasteiger partial charge in [-0.05, 0) is 43.0 Å². The van der Waals surface area contributed by atoms with E-state index in [-0.39, 0.29) is 29.2 Å². The van der Waals surface area contributed by atoms with E-state index in [0.717, 1.165) is 0 Å². The predicted octanol–water partition coefficient (Wildman–Crippen LogP) is 4.65. The van der Waals surface area contributed by atoms with E-state index < -0.39 is 20.9 Å². The lowest BCUT2D eigenvalue weighted by molar-refractivity contribution is 0.0802. The number of aromatic nitrogens is 1. The minimum atomic E-state index is -3.90. The molecule has 1 aliphatic heterocycles. The molecule has 1 aromatic carbocycles. The van der Waals surface area contributed by atoms with E-state index in [1.807, 2.05) is 0 Å². The van der Waals surface area contributed by atoms with Crippen LogP contribution in [0, 0.1) is 5.82 Å². The molecule has 1 unspecified atom stereocenters. The van der Waals surface area contributed by atoms with E-state index in [1.54, 1.807) is 45.0 Å². The van der Waals surface area contributed by atoms with Crippen molar-refractivity contribution < 1.29 is 17.5 Å². The van der Waals surface area contributed by atoms with Gasteiger partial charge in [-0.25, -0.2) is 17.8 Å². The number of hydrogen-bond donors (Lipinski definition) is 0. The molecule has 2 atom stereocenters. The van der Waals surface area contributed by atoms with Crippen molar-refractivity contribution in [2.24, 2.45) is 4.40 Å². The summed E-state index contributed by atoms with van der Waals surface area (Å²) >= 11 is 5.79. The number of pyridine rings is 1. The summed E-state index contributed by atoms with van der Waals surface area (Å²) in [4.78, 5) is 3.96. The highest BCUT2D eigenvalue weighted by Crippen LogP contribution is 2.41. The van der Waals surface area contributed by atoms with Crippen LogP contribution in [-0.2, 0) is 14.8 Å². The molecule has 0 radical (unpaired) electrons. The van der Waals surface area contributed by atoms with Crippen LogP contribution in [0.3, 0.4) is 0 Å². The Kier molecular flexibility index (Phi) is 5.27. The third-order valence-electron chi connectivity index (χ3n) is 4.51. The highest BCUT2D eigenvalue weighted by molar-refractivity contribution is 7.90. The molecule has 27 heavy (non-hydrogen) atoms. The number of ether oxygens (including phenoxy) is 1. The van der Waals surface area contributed by atoms with Crippen molar-refractivity contribution in [1.82, 2.24) is 4.98 Å². The number of sulfonamides is 1. The van der Waals surface area contributed by atoms with Crippen LogP contribution in [0.2, 0.25) is 5.15 Å². The SMILES string of the molecule is C[C@H](CC1=NS(=O)(=O)C(c2ccc(Cl)nc2)C(C)(C)O1)c1ccccc1F. The van der Waals surface area contributed by atoms with Crippen LogP contribution in [0.4, 0.5) is 4.39 Å². The molecule has 0 amide bonds. The highest BCUT2D eigenvalue weighted by atomic mass is 35.5. The Morgan fingerprint density at radius 1 is 1.26 bits per heavy atom. The van der Waals surface area contributed by atoms with E-state index in [1.165, 1.54) is 18.3 Å². The first-order valence-corrected chi connectivity index (χ1v) is 10.4. The minimum absolute atomic E-state index is 0.0777. The van der Waals surface area contributed by atoms with Crippen LogP contribution in [0.15, 0.2) is 47.0 Å². The molecule has 2 aromatic rings. The van der Waals surface area contributed by atoms with Gasteiger partial charge in [0, 0.05) is 12.6 Å². The van der Waals surface area contributed by atoms with Crippen LogP contribution in [-0.4, -0.2) is 24.9 Å². The summed E-state index contributed by atoms with van der Waals surface area (Å²) in [6.07, 6.45) is 1.59. The molecule has 3 rings (SSSR count). The molecule has 144 valence electrons. The van der Waals surface area contributed by atoms with E-state index in [4.69, 9.17) is 16.3 Å². The Morgan fingerprint density at radius 2 is 1.96 bits per heavy atom. The molecule has 1 aliphatic rings. The standard InChI is InChI=1S/C19H20ClFN2O3S/c1-12(14-6-4-5-7-15(14)21)10-17-23-27(24,25)18(19(2,3)26-17)13-8-9-16(20)22-11-13/h4-9,11-12,18H,10H2,1-3H3/t12-,18?/m1/s1. The van der Waals surface area contributed by atoms with Crippen molar-refractivity contribution in [1.29, 1.82) is 0 Å². The largest absolute Gasteiger partial charge is 0.472 e. The van der Waals surface area contributed by atoms with E-state index in [2.05, 4.69) is 9.38 Å². The number of benzene rings is 1. The van der Waals surface area contributed by atoms with Gasteiger partial charge in [-0.2, -0.15) is 0 Å². The molecular formula is C19H20ClFN2O3S. The van der Waals surface area contributed by atoms with E-state index in [9.17, 15) is 12.8 Å². The van der Waals surface area contributed by atoms with E-state index in [0.29, 0.717) is 11.1 Å². The zero-order valence-corrected chi connectivity index (χ0v) is 16.8. The topological polar surface area (TPSA) is 68.6 Å². The monoisotopic (exact) mass is 410 g/mol. The quantitative estimate of drug-likeness (QED) is 0.688. The number of nitrogens with zero attached hydrogens (tertiary/aromatic N) is 2. The predicted molar refractivity (Wildman–Crippen MR) is 103 cm³/mol. The fourth-order valence-corrected chi connectivity index (χ4v) is 5.23. The lowest BCUT2D eigenvalue weighted by Gasteiger charge is -2.37. The zero-order chi connectivity index (χ0) is 19.8. The molecule has 0 N–H and O–H groups in total. The Balaban J connectivity index is 1.92.